The molecule has 0 unspecified atom stereocenters. The summed E-state index contributed by atoms with van der Waals surface area (Å²) in [6.07, 6.45) is 0.840. The average molecular weight is 454 g/mol. The number of carbonyl (C=O) groups excluding carboxylic acids is 2. The Morgan fingerprint density at radius 3 is 2.53 bits per heavy atom. The van der Waals surface area contributed by atoms with Crippen molar-refractivity contribution in [2.45, 2.75) is 38.9 Å². The number of thioether (sulfide) groups is 1. The molecule has 32 heavy (non-hydrogen) atoms. The molecule has 0 spiro atoms. The summed E-state index contributed by atoms with van der Waals surface area (Å²) in [5.41, 5.74) is 1.53. The summed E-state index contributed by atoms with van der Waals surface area (Å²) in [5, 5.41) is 3.91. The number of rotatable bonds is 9. The molecule has 8 heteroatoms. The lowest BCUT2D eigenvalue weighted by Gasteiger charge is -2.14. The summed E-state index contributed by atoms with van der Waals surface area (Å²) in [6, 6.07) is 13.8. The summed E-state index contributed by atoms with van der Waals surface area (Å²) < 4.78 is 6.62. The molecule has 1 heterocycles. The molecule has 1 aromatic heterocycles. The van der Waals surface area contributed by atoms with Gasteiger partial charge in [-0.05, 0) is 55.7 Å². The fourth-order valence-electron chi connectivity index (χ4n) is 3.07. The van der Waals surface area contributed by atoms with Crippen LogP contribution in [0, 0.1) is 5.92 Å². The Morgan fingerprint density at radius 2 is 1.84 bits per heavy atom. The van der Waals surface area contributed by atoms with Gasteiger partial charge in [0.15, 0.2) is 5.16 Å². The second-order valence-electron chi connectivity index (χ2n) is 7.69. The van der Waals surface area contributed by atoms with Crippen molar-refractivity contribution in [3.05, 3.63) is 64.4 Å². The van der Waals surface area contributed by atoms with Gasteiger partial charge < -0.3 is 10.1 Å². The molecule has 1 N–H and O–H groups in total. The van der Waals surface area contributed by atoms with Gasteiger partial charge in [-0.1, -0.05) is 37.7 Å². The normalized spacial score (nSPS) is 11.0. The molecule has 0 saturated heterocycles. The number of para-hydroxylation sites is 1. The Balaban J connectivity index is 1.72. The SMILES string of the molecule is CCOC(=O)c1ccc(NC(=O)CSc2nc3ccccc3c(=O)n2CCC(C)C)cc1. The van der Waals surface area contributed by atoms with Crippen LogP contribution < -0.4 is 10.9 Å². The van der Waals surface area contributed by atoms with E-state index in [1.54, 1.807) is 47.9 Å². The minimum absolute atomic E-state index is 0.0892. The first-order chi connectivity index (χ1) is 15.4. The summed E-state index contributed by atoms with van der Waals surface area (Å²) in [6.45, 7) is 6.81. The summed E-state index contributed by atoms with van der Waals surface area (Å²) in [5.74, 6) is -0.0852. The molecule has 0 fully saturated rings. The first kappa shape index (κ1) is 23.5. The van der Waals surface area contributed by atoms with Crippen molar-refractivity contribution in [1.82, 2.24) is 9.55 Å². The molecule has 1 amide bonds. The van der Waals surface area contributed by atoms with Crippen LogP contribution in [0.1, 0.15) is 37.6 Å². The van der Waals surface area contributed by atoms with E-state index in [0.29, 0.717) is 46.4 Å². The van der Waals surface area contributed by atoms with Gasteiger partial charge in [-0.15, -0.1) is 0 Å². The van der Waals surface area contributed by atoms with Crippen LogP contribution in [-0.2, 0) is 16.1 Å². The summed E-state index contributed by atoms with van der Waals surface area (Å²) >= 11 is 1.24. The molecule has 168 valence electrons. The Labute approximate surface area is 191 Å². The quantitative estimate of drug-likeness (QED) is 0.294. The van der Waals surface area contributed by atoms with Crippen molar-refractivity contribution in [1.29, 1.82) is 0 Å². The zero-order valence-corrected chi connectivity index (χ0v) is 19.3. The lowest BCUT2D eigenvalue weighted by atomic mass is 10.1. The number of fused-ring (bicyclic) bond motifs is 1. The van der Waals surface area contributed by atoms with E-state index < -0.39 is 5.97 Å². The van der Waals surface area contributed by atoms with Crippen molar-refractivity contribution in [2.24, 2.45) is 5.92 Å². The lowest BCUT2D eigenvalue weighted by Crippen LogP contribution is -2.25. The number of aromatic nitrogens is 2. The molecular formula is C24H27N3O4S. The van der Waals surface area contributed by atoms with Crippen molar-refractivity contribution in [3.8, 4) is 0 Å². The van der Waals surface area contributed by atoms with Crippen LogP contribution in [0.5, 0.6) is 0 Å². The van der Waals surface area contributed by atoms with E-state index in [1.807, 2.05) is 12.1 Å². The van der Waals surface area contributed by atoms with Crippen molar-refractivity contribution >= 4 is 40.2 Å². The van der Waals surface area contributed by atoms with Gasteiger partial charge >= 0.3 is 5.97 Å². The highest BCUT2D eigenvalue weighted by molar-refractivity contribution is 7.99. The van der Waals surface area contributed by atoms with Gasteiger partial charge in [0.2, 0.25) is 5.91 Å². The Kier molecular flexibility index (Phi) is 8.05. The predicted octanol–water partition coefficient (Wildman–Crippen LogP) is 4.35. The van der Waals surface area contributed by atoms with Gasteiger partial charge in [0.1, 0.15) is 0 Å². The first-order valence-electron chi connectivity index (χ1n) is 10.6. The van der Waals surface area contributed by atoms with Crippen LogP contribution in [0.15, 0.2) is 58.5 Å². The first-order valence-corrected chi connectivity index (χ1v) is 11.6. The van der Waals surface area contributed by atoms with Crippen LogP contribution in [0.3, 0.4) is 0 Å². The van der Waals surface area contributed by atoms with E-state index in [-0.39, 0.29) is 17.2 Å². The largest absolute Gasteiger partial charge is 0.462 e. The number of ether oxygens (including phenoxy) is 1. The Bertz CT molecular complexity index is 1160. The summed E-state index contributed by atoms with van der Waals surface area (Å²) in [4.78, 5) is 41.9. The van der Waals surface area contributed by atoms with Crippen molar-refractivity contribution < 1.29 is 14.3 Å². The van der Waals surface area contributed by atoms with Gasteiger partial charge in [0.05, 0.1) is 28.8 Å². The molecule has 0 bridgehead atoms. The van der Waals surface area contributed by atoms with E-state index in [2.05, 4.69) is 24.1 Å². The van der Waals surface area contributed by atoms with E-state index in [0.717, 1.165) is 6.42 Å². The molecule has 7 nitrogen and oxygen atoms in total. The number of hydrogen-bond acceptors (Lipinski definition) is 6. The third-order valence-electron chi connectivity index (χ3n) is 4.77. The number of nitrogens with one attached hydrogen (secondary N) is 1. The number of benzene rings is 2. The standard InChI is InChI=1S/C24H27N3O4S/c1-4-31-23(30)17-9-11-18(12-10-17)25-21(28)15-32-24-26-20-8-6-5-7-19(20)22(29)27(24)14-13-16(2)3/h5-12,16H,4,13-15H2,1-3H3,(H,25,28). The van der Waals surface area contributed by atoms with Gasteiger partial charge in [0, 0.05) is 12.2 Å². The predicted molar refractivity (Wildman–Crippen MR) is 127 cm³/mol. The number of esters is 1. The molecule has 3 aromatic rings. The topological polar surface area (TPSA) is 90.3 Å². The Hall–Kier alpha value is -3.13. The minimum atomic E-state index is -0.400. The van der Waals surface area contributed by atoms with Crippen molar-refractivity contribution in [2.75, 3.05) is 17.7 Å². The summed E-state index contributed by atoms with van der Waals surface area (Å²) in [7, 11) is 0. The highest BCUT2D eigenvalue weighted by Crippen LogP contribution is 2.20. The smallest absolute Gasteiger partial charge is 0.338 e. The molecule has 0 atom stereocenters. The van der Waals surface area contributed by atoms with Gasteiger partial charge in [-0.3, -0.25) is 14.2 Å². The molecular weight excluding hydrogens is 426 g/mol. The van der Waals surface area contributed by atoms with E-state index in [1.165, 1.54) is 11.8 Å². The minimum Gasteiger partial charge on any atom is -0.462 e. The number of nitrogens with zero attached hydrogens (tertiary/aromatic N) is 2. The second-order valence-corrected chi connectivity index (χ2v) is 8.63. The molecule has 0 aliphatic rings. The third kappa shape index (κ3) is 5.97. The second kappa shape index (κ2) is 10.9. The Morgan fingerprint density at radius 1 is 1.12 bits per heavy atom. The lowest BCUT2D eigenvalue weighted by molar-refractivity contribution is -0.113. The number of carbonyl (C=O) groups is 2. The molecule has 0 aliphatic heterocycles. The maximum absolute atomic E-state index is 13.0. The molecule has 2 aromatic carbocycles. The molecule has 3 rings (SSSR count). The maximum atomic E-state index is 13.0. The third-order valence-corrected chi connectivity index (χ3v) is 5.75. The van der Waals surface area contributed by atoms with Crippen LogP contribution >= 0.6 is 11.8 Å². The van der Waals surface area contributed by atoms with E-state index in [4.69, 9.17) is 4.74 Å². The highest BCUT2D eigenvalue weighted by Gasteiger charge is 2.14. The monoisotopic (exact) mass is 453 g/mol. The average Bonchev–Trinajstić information content (AvgIpc) is 2.77. The van der Waals surface area contributed by atoms with Crippen LogP contribution in [-0.4, -0.2) is 33.8 Å². The molecule has 0 radical (unpaired) electrons. The van der Waals surface area contributed by atoms with Crippen LogP contribution in [0.4, 0.5) is 5.69 Å². The fourth-order valence-corrected chi connectivity index (χ4v) is 3.90. The molecule has 0 saturated carbocycles. The van der Waals surface area contributed by atoms with Crippen LogP contribution in [0.25, 0.3) is 10.9 Å². The van der Waals surface area contributed by atoms with Gasteiger partial charge in [0.25, 0.3) is 5.56 Å². The number of anilines is 1. The zero-order chi connectivity index (χ0) is 23.1. The van der Waals surface area contributed by atoms with E-state index in [9.17, 15) is 14.4 Å². The highest BCUT2D eigenvalue weighted by atomic mass is 32.2. The van der Waals surface area contributed by atoms with Crippen molar-refractivity contribution in [3.63, 3.8) is 0 Å². The van der Waals surface area contributed by atoms with E-state index >= 15 is 0 Å². The van der Waals surface area contributed by atoms with Gasteiger partial charge in [-0.2, -0.15) is 0 Å². The van der Waals surface area contributed by atoms with Crippen LogP contribution in [0.2, 0.25) is 0 Å². The zero-order valence-electron chi connectivity index (χ0n) is 18.5. The molecule has 0 aliphatic carbocycles. The number of hydrogen-bond donors (Lipinski definition) is 1. The maximum Gasteiger partial charge on any atom is 0.338 e. The number of amides is 1. The fraction of sp³-hybridized carbons (Fsp3) is 0.333. The van der Waals surface area contributed by atoms with Gasteiger partial charge in [-0.25, -0.2) is 9.78 Å².